The number of aromatic nitrogens is 1. The predicted molar refractivity (Wildman–Crippen MR) is 106 cm³/mol. The van der Waals surface area contributed by atoms with Crippen molar-refractivity contribution < 1.29 is 18.7 Å². The molecule has 0 aliphatic heterocycles. The topological polar surface area (TPSA) is 93.5 Å². The van der Waals surface area contributed by atoms with Gasteiger partial charge in [0, 0.05) is 12.6 Å². The summed E-state index contributed by atoms with van der Waals surface area (Å²) in [7, 11) is 0. The molecule has 1 heterocycles. The highest BCUT2D eigenvalue weighted by Gasteiger charge is 2.24. The van der Waals surface area contributed by atoms with Gasteiger partial charge in [-0.3, -0.25) is 9.59 Å². The van der Waals surface area contributed by atoms with Crippen molar-refractivity contribution in [3.63, 3.8) is 0 Å². The number of oxazole rings is 1. The molecule has 0 unspecified atom stereocenters. The fourth-order valence-corrected chi connectivity index (χ4v) is 2.76. The SMILES string of the molecule is Cc1nc2cc(NC(=O)[C@@H](NC(=O)COc3ccccc3)C(C)C)ccc2o1. The number of hydrogen-bond donors (Lipinski definition) is 2. The fraction of sp³-hybridized carbons (Fsp3) is 0.286. The van der Waals surface area contributed by atoms with Crippen molar-refractivity contribution in [2.24, 2.45) is 5.92 Å². The zero-order valence-corrected chi connectivity index (χ0v) is 16.1. The number of para-hydroxylation sites is 1. The van der Waals surface area contributed by atoms with Crippen LogP contribution in [0.5, 0.6) is 5.75 Å². The molecular formula is C21H23N3O4. The van der Waals surface area contributed by atoms with Crippen molar-refractivity contribution in [2.45, 2.75) is 26.8 Å². The molecule has 0 bridgehead atoms. The maximum atomic E-state index is 12.7. The summed E-state index contributed by atoms with van der Waals surface area (Å²) in [6.07, 6.45) is 0. The smallest absolute Gasteiger partial charge is 0.258 e. The molecule has 7 heteroatoms. The highest BCUT2D eigenvalue weighted by Crippen LogP contribution is 2.20. The van der Waals surface area contributed by atoms with Crippen molar-refractivity contribution in [1.29, 1.82) is 0 Å². The first-order valence-electron chi connectivity index (χ1n) is 9.07. The molecule has 7 nitrogen and oxygen atoms in total. The lowest BCUT2D eigenvalue weighted by Crippen LogP contribution is -2.48. The van der Waals surface area contributed by atoms with E-state index in [1.807, 2.05) is 32.0 Å². The van der Waals surface area contributed by atoms with Gasteiger partial charge in [-0.25, -0.2) is 4.98 Å². The molecule has 0 saturated heterocycles. The Morgan fingerprint density at radius 3 is 2.61 bits per heavy atom. The number of nitrogens with zero attached hydrogens (tertiary/aromatic N) is 1. The third-order valence-electron chi connectivity index (χ3n) is 4.14. The number of carbonyl (C=O) groups excluding carboxylic acids is 2. The molecule has 2 N–H and O–H groups in total. The van der Waals surface area contributed by atoms with Crippen molar-refractivity contribution in [2.75, 3.05) is 11.9 Å². The molecule has 28 heavy (non-hydrogen) atoms. The van der Waals surface area contributed by atoms with Crippen LogP contribution in [-0.2, 0) is 9.59 Å². The minimum atomic E-state index is -0.693. The summed E-state index contributed by atoms with van der Waals surface area (Å²) in [5.41, 5.74) is 1.91. The molecule has 3 aromatic rings. The van der Waals surface area contributed by atoms with Crippen LogP contribution in [0.4, 0.5) is 5.69 Å². The molecule has 0 spiro atoms. The van der Waals surface area contributed by atoms with Crippen LogP contribution in [-0.4, -0.2) is 29.4 Å². The van der Waals surface area contributed by atoms with Gasteiger partial charge in [-0.2, -0.15) is 0 Å². The maximum absolute atomic E-state index is 12.7. The fourth-order valence-electron chi connectivity index (χ4n) is 2.76. The summed E-state index contributed by atoms with van der Waals surface area (Å²) in [6, 6.07) is 13.6. The van der Waals surface area contributed by atoms with Crippen molar-refractivity contribution >= 4 is 28.6 Å². The van der Waals surface area contributed by atoms with E-state index in [1.165, 1.54) is 0 Å². The van der Waals surface area contributed by atoms with Crippen LogP contribution in [0.3, 0.4) is 0 Å². The standard InChI is InChI=1S/C21H23N3O4/c1-13(2)20(24-19(25)12-27-16-7-5-4-6-8-16)21(26)23-15-9-10-18-17(11-15)22-14(3)28-18/h4-11,13,20H,12H2,1-3H3,(H,23,26)(H,24,25)/t20-/m0/s1. The third-order valence-corrected chi connectivity index (χ3v) is 4.14. The van der Waals surface area contributed by atoms with E-state index in [2.05, 4.69) is 15.6 Å². The van der Waals surface area contributed by atoms with Gasteiger partial charge in [0.2, 0.25) is 5.91 Å². The minimum Gasteiger partial charge on any atom is -0.484 e. The number of amides is 2. The molecule has 0 radical (unpaired) electrons. The number of ether oxygens (including phenoxy) is 1. The first-order valence-corrected chi connectivity index (χ1v) is 9.07. The first-order chi connectivity index (χ1) is 13.4. The van der Waals surface area contributed by atoms with E-state index in [0.717, 1.165) is 0 Å². The Morgan fingerprint density at radius 1 is 1.14 bits per heavy atom. The van der Waals surface area contributed by atoms with Gasteiger partial charge in [0.25, 0.3) is 5.91 Å². The zero-order chi connectivity index (χ0) is 20.1. The second-order valence-corrected chi connectivity index (χ2v) is 6.80. The van der Waals surface area contributed by atoms with Crippen LogP contribution in [0.15, 0.2) is 52.9 Å². The number of rotatable bonds is 7. The Hall–Kier alpha value is -3.35. The van der Waals surface area contributed by atoms with E-state index in [-0.39, 0.29) is 24.3 Å². The normalized spacial score (nSPS) is 12.0. The second kappa shape index (κ2) is 8.56. The first kappa shape index (κ1) is 19.4. The lowest BCUT2D eigenvalue weighted by Gasteiger charge is -2.21. The summed E-state index contributed by atoms with van der Waals surface area (Å²) in [5, 5.41) is 5.57. The molecule has 2 amide bonds. The lowest BCUT2D eigenvalue weighted by molar-refractivity contribution is -0.128. The Labute approximate surface area is 163 Å². The van der Waals surface area contributed by atoms with E-state index in [4.69, 9.17) is 9.15 Å². The predicted octanol–water partition coefficient (Wildman–Crippen LogP) is 3.29. The molecule has 1 aromatic heterocycles. The molecule has 0 saturated carbocycles. The maximum Gasteiger partial charge on any atom is 0.258 e. The molecule has 0 aliphatic rings. The third kappa shape index (κ3) is 4.88. The van der Waals surface area contributed by atoms with Crippen LogP contribution in [0.25, 0.3) is 11.1 Å². The van der Waals surface area contributed by atoms with Gasteiger partial charge in [0.15, 0.2) is 18.1 Å². The number of anilines is 1. The Morgan fingerprint density at radius 2 is 1.89 bits per heavy atom. The molecule has 3 rings (SSSR count). The van der Waals surface area contributed by atoms with Crippen LogP contribution in [0, 0.1) is 12.8 Å². The summed E-state index contributed by atoms with van der Waals surface area (Å²) >= 11 is 0. The Balaban J connectivity index is 1.61. The summed E-state index contributed by atoms with van der Waals surface area (Å²) < 4.78 is 10.9. The summed E-state index contributed by atoms with van der Waals surface area (Å²) in [4.78, 5) is 29.2. The lowest BCUT2D eigenvalue weighted by atomic mass is 10.0. The average molecular weight is 381 g/mol. The van der Waals surface area contributed by atoms with Crippen molar-refractivity contribution in [1.82, 2.24) is 10.3 Å². The van der Waals surface area contributed by atoms with Crippen LogP contribution < -0.4 is 15.4 Å². The number of benzene rings is 2. The van der Waals surface area contributed by atoms with E-state index in [9.17, 15) is 9.59 Å². The Kier molecular flexibility index (Phi) is 5.93. The largest absolute Gasteiger partial charge is 0.484 e. The molecular weight excluding hydrogens is 358 g/mol. The zero-order valence-electron chi connectivity index (χ0n) is 16.1. The van der Waals surface area contributed by atoms with E-state index in [0.29, 0.717) is 28.4 Å². The highest BCUT2D eigenvalue weighted by atomic mass is 16.5. The number of fused-ring (bicyclic) bond motifs is 1. The highest BCUT2D eigenvalue weighted by molar-refractivity contribution is 5.98. The Bertz CT molecular complexity index is 966. The van der Waals surface area contributed by atoms with Crippen LogP contribution in [0.1, 0.15) is 19.7 Å². The quantitative estimate of drug-likeness (QED) is 0.655. The second-order valence-electron chi connectivity index (χ2n) is 6.80. The van der Waals surface area contributed by atoms with Gasteiger partial charge >= 0.3 is 0 Å². The van der Waals surface area contributed by atoms with E-state index >= 15 is 0 Å². The molecule has 0 fully saturated rings. The number of carbonyl (C=O) groups is 2. The van der Waals surface area contributed by atoms with Gasteiger partial charge in [-0.05, 0) is 36.2 Å². The molecule has 1 atom stereocenters. The summed E-state index contributed by atoms with van der Waals surface area (Å²) in [6.45, 7) is 5.34. The van der Waals surface area contributed by atoms with Gasteiger partial charge in [-0.1, -0.05) is 32.0 Å². The van der Waals surface area contributed by atoms with Crippen LogP contribution >= 0.6 is 0 Å². The van der Waals surface area contributed by atoms with Gasteiger partial charge in [0.05, 0.1) is 0 Å². The van der Waals surface area contributed by atoms with Gasteiger partial charge in [0.1, 0.15) is 17.3 Å². The molecule has 0 aliphatic carbocycles. The molecule has 2 aromatic carbocycles. The number of aryl methyl sites for hydroxylation is 1. The van der Waals surface area contributed by atoms with Crippen LogP contribution in [0.2, 0.25) is 0 Å². The molecule has 146 valence electrons. The minimum absolute atomic E-state index is 0.0984. The monoisotopic (exact) mass is 381 g/mol. The average Bonchev–Trinajstić information content (AvgIpc) is 3.04. The van der Waals surface area contributed by atoms with Crippen molar-refractivity contribution in [3.05, 3.63) is 54.4 Å². The number of nitrogens with one attached hydrogen (secondary N) is 2. The van der Waals surface area contributed by atoms with Gasteiger partial charge < -0.3 is 19.8 Å². The van der Waals surface area contributed by atoms with Crippen molar-refractivity contribution in [3.8, 4) is 5.75 Å². The number of hydrogen-bond acceptors (Lipinski definition) is 5. The van der Waals surface area contributed by atoms with Gasteiger partial charge in [-0.15, -0.1) is 0 Å². The summed E-state index contributed by atoms with van der Waals surface area (Å²) in [5.74, 6) is 0.394. The van der Waals surface area contributed by atoms with E-state index < -0.39 is 6.04 Å². The van der Waals surface area contributed by atoms with E-state index in [1.54, 1.807) is 37.3 Å².